The van der Waals surface area contributed by atoms with Crippen molar-refractivity contribution in [3.8, 4) is 0 Å². The lowest BCUT2D eigenvalue weighted by molar-refractivity contribution is -0.137. The summed E-state index contributed by atoms with van der Waals surface area (Å²) < 4.78 is 1.50. The molecule has 0 saturated carbocycles. The van der Waals surface area contributed by atoms with Crippen LogP contribution in [0.3, 0.4) is 0 Å². The van der Waals surface area contributed by atoms with Crippen LogP contribution in [0, 0.1) is 6.92 Å². The minimum absolute atomic E-state index is 0.173. The maximum Gasteiger partial charge on any atom is 0.320 e. The summed E-state index contributed by atoms with van der Waals surface area (Å²) in [6.45, 7) is 3.41. The molecule has 3 N–H and O–H groups in total. The van der Waals surface area contributed by atoms with E-state index >= 15 is 0 Å². The summed E-state index contributed by atoms with van der Waals surface area (Å²) in [7, 11) is 1.67. The van der Waals surface area contributed by atoms with Gasteiger partial charge in [-0.2, -0.15) is 5.10 Å². The third-order valence-electron chi connectivity index (χ3n) is 2.37. The zero-order chi connectivity index (χ0) is 13.2. The van der Waals surface area contributed by atoms with E-state index in [1.54, 1.807) is 27.0 Å². The van der Waals surface area contributed by atoms with Crippen LogP contribution in [0.4, 0.5) is 10.6 Å². The number of primary amides is 1. The Morgan fingerprint density at radius 1 is 1.65 bits per heavy atom. The van der Waals surface area contributed by atoms with Crippen molar-refractivity contribution < 1.29 is 14.7 Å². The lowest BCUT2D eigenvalue weighted by atomic mass is 10.2. The van der Waals surface area contributed by atoms with Gasteiger partial charge in [-0.05, 0) is 13.8 Å². The number of urea groups is 1. The third-order valence-corrected chi connectivity index (χ3v) is 2.37. The number of carboxylic acids is 1. The van der Waals surface area contributed by atoms with Gasteiger partial charge in [-0.1, -0.05) is 0 Å². The Morgan fingerprint density at radius 3 is 2.59 bits per heavy atom. The minimum atomic E-state index is -0.984. The van der Waals surface area contributed by atoms with Crippen molar-refractivity contribution in [2.24, 2.45) is 12.8 Å². The summed E-state index contributed by atoms with van der Waals surface area (Å²) in [5.41, 5.74) is 6.01. The average molecular weight is 240 g/mol. The highest BCUT2D eigenvalue weighted by molar-refractivity contribution is 5.91. The molecule has 0 saturated heterocycles. The second kappa shape index (κ2) is 4.86. The number of carbonyl (C=O) groups is 2. The lowest BCUT2D eigenvalue weighted by Crippen LogP contribution is -2.44. The zero-order valence-corrected chi connectivity index (χ0v) is 10.0. The fourth-order valence-corrected chi connectivity index (χ4v) is 1.72. The summed E-state index contributed by atoms with van der Waals surface area (Å²) in [6.07, 6.45) is -0.173. The minimum Gasteiger partial charge on any atom is -0.481 e. The first-order chi connectivity index (χ1) is 7.82. The number of aromatic nitrogens is 2. The van der Waals surface area contributed by atoms with Gasteiger partial charge in [0.05, 0.1) is 12.1 Å². The summed E-state index contributed by atoms with van der Waals surface area (Å²) in [4.78, 5) is 23.3. The maximum absolute atomic E-state index is 11.4. The van der Waals surface area contributed by atoms with E-state index < -0.39 is 18.0 Å². The molecule has 0 spiro atoms. The van der Waals surface area contributed by atoms with Crippen molar-refractivity contribution in [1.82, 2.24) is 9.78 Å². The molecule has 7 heteroatoms. The Bertz CT molecular complexity index is 441. The monoisotopic (exact) mass is 240 g/mol. The largest absolute Gasteiger partial charge is 0.481 e. The van der Waals surface area contributed by atoms with Crippen LogP contribution in [0.1, 0.15) is 19.0 Å². The standard InChI is InChI=1S/C10H16N4O3/c1-6-4-8(13(3)12-6)14(10(11)17)7(2)5-9(15)16/h4,7H,5H2,1-3H3,(H2,11,17)(H,15,16). The number of hydrogen-bond donors (Lipinski definition) is 2. The average Bonchev–Trinajstić information content (AvgIpc) is 2.43. The van der Waals surface area contributed by atoms with Crippen molar-refractivity contribution in [1.29, 1.82) is 0 Å². The van der Waals surface area contributed by atoms with Gasteiger partial charge < -0.3 is 10.8 Å². The van der Waals surface area contributed by atoms with E-state index in [1.807, 2.05) is 0 Å². The SMILES string of the molecule is Cc1cc(N(C(N)=O)C(C)CC(=O)O)n(C)n1. The quantitative estimate of drug-likeness (QED) is 0.798. The second-order valence-electron chi connectivity index (χ2n) is 3.92. The molecule has 0 aliphatic carbocycles. The smallest absolute Gasteiger partial charge is 0.320 e. The molecule has 0 radical (unpaired) electrons. The van der Waals surface area contributed by atoms with Crippen LogP contribution < -0.4 is 10.6 Å². The molecule has 1 atom stereocenters. The van der Waals surface area contributed by atoms with Crippen LogP contribution in [0.5, 0.6) is 0 Å². The molecule has 7 nitrogen and oxygen atoms in total. The number of carbonyl (C=O) groups excluding carboxylic acids is 1. The zero-order valence-electron chi connectivity index (χ0n) is 10.0. The Labute approximate surface area is 98.8 Å². The molecular weight excluding hydrogens is 224 g/mol. The molecule has 1 heterocycles. The Balaban J connectivity index is 3.05. The highest BCUT2D eigenvalue weighted by Gasteiger charge is 2.24. The van der Waals surface area contributed by atoms with Crippen molar-refractivity contribution in [3.63, 3.8) is 0 Å². The molecule has 1 unspecified atom stereocenters. The summed E-state index contributed by atoms with van der Waals surface area (Å²) >= 11 is 0. The molecule has 0 fully saturated rings. The molecule has 0 bridgehead atoms. The molecule has 94 valence electrons. The van der Waals surface area contributed by atoms with Crippen LogP contribution in [0.2, 0.25) is 0 Å². The highest BCUT2D eigenvalue weighted by atomic mass is 16.4. The summed E-state index contributed by atoms with van der Waals surface area (Å²) in [5, 5.41) is 12.8. The predicted octanol–water partition coefficient (Wildman–Crippen LogP) is 0.477. The number of amides is 2. The number of rotatable bonds is 4. The van der Waals surface area contributed by atoms with Gasteiger partial charge >= 0.3 is 12.0 Å². The van der Waals surface area contributed by atoms with Gasteiger partial charge in [-0.25, -0.2) is 4.79 Å². The van der Waals surface area contributed by atoms with E-state index in [9.17, 15) is 9.59 Å². The van der Waals surface area contributed by atoms with Crippen molar-refractivity contribution in [2.75, 3.05) is 4.90 Å². The molecule has 0 aromatic carbocycles. The molecule has 17 heavy (non-hydrogen) atoms. The van der Waals surface area contributed by atoms with E-state index in [2.05, 4.69) is 5.10 Å². The number of nitrogens with two attached hydrogens (primary N) is 1. The van der Waals surface area contributed by atoms with E-state index in [4.69, 9.17) is 10.8 Å². The molecular formula is C10H16N4O3. The third kappa shape index (κ3) is 2.96. The number of carboxylic acid groups (broad SMARTS) is 1. The molecule has 2 amide bonds. The van der Waals surface area contributed by atoms with Gasteiger partial charge in [0.1, 0.15) is 5.82 Å². The highest BCUT2D eigenvalue weighted by Crippen LogP contribution is 2.19. The van der Waals surface area contributed by atoms with Crippen molar-refractivity contribution in [3.05, 3.63) is 11.8 Å². The van der Waals surface area contributed by atoms with Gasteiger partial charge in [-0.3, -0.25) is 14.4 Å². The van der Waals surface area contributed by atoms with Gasteiger partial charge in [0.15, 0.2) is 0 Å². The van der Waals surface area contributed by atoms with Crippen molar-refractivity contribution in [2.45, 2.75) is 26.3 Å². The normalized spacial score (nSPS) is 12.2. The van der Waals surface area contributed by atoms with Crippen LogP contribution in [-0.4, -0.2) is 32.9 Å². The van der Waals surface area contributed by atoms with E-state index in [-0.39, 0.29) is 6.42 Å². The van der Waals surface area contributed by atoms with Crippen LogP contribution in [-0.2, 0) is 11.8 Å². The van der Waals surface area contributed by atoms with Crippen LogP contribution >= 0.6 is 0 Å². The predicted molar refractivity (Wildman–Crippen MR) is 61.7 cm³/mol. The molecule has 1 aromatic rings. The fourth-order valence-electron chi connectivity index (χ4n) is 1.72. The Morgan fingerprint density at radius 2 is 2.24 bits per heavy atom. The van der Waals surface area contributed by atoms with Gasteiger partial charge in [0.2, 0.25) is 0 Å². The first-order valence-corrected chi connectivity index (χ1v) is 5.14. The van der Waals surface area contributed by atoms with Crippen molar-refractivity contribution >= 4 is 17.8 Å². The first kappa shape index (κ1) is 13.0. The van der Waals surface area contributed by atoms with E-state index in [1.165, 1.54) is 9.58 Å². The number of anilines is 1. The summed E-state index contributed by atoms with van der Waals surface area (Å²) in [6, 6.07) is 0.463. The Hall–Kier alpha value is -2.05. The van der Waals surface area contributed by atoms with Gasteiger partial charge in [0.25, 0.3) is 0 Å². The molecule has 0 aliphatic rings. The number of hydrogen-bond acceptors (Lipinski definition) is 3. The fraction of sp³-hybridized carbons (Fsp3) is 0.500. The number of nitrogens with zero attached hydrogens (tertiary/aromatic N) is 3. The van der Waals surface area contributed by atoms with E-state index in [0.29, 0.717) is 5.82 Å². The number of aryl methyl sites for hydroxylation is 2. The Kier molecular flexibility index (Phi) is 3.72. The summed E-state index contributed by atoms with van der Waals surface area (Å²) in [5.74, 6) is -0.494. The first-order valence-electron chi connectivity index (χ1n) is 5.14. The molecule has 0 aliphatic heterocycles. The maximum atomic E-state index is 11.4. The van der Waals surface area contributed by atoms with E-state index in [0.717, 1.165) is 5.69 Å². The second-order valence-corrected chi connectivity index (χ2v) is 3.92. The van der Waals surface area contributed by atoms with Crippen LogP contribution in [0.25, 0.3) is 0 Å². The van der Waals surface area contributed by atoms with Gasteiger partial charge in [-0.15, -0.1) is 0 Å². The topological polar surface area (TPSA) is 101 Å². The van der Waals surface area contributed by atoms with Crippen LogP contribution in [0.15, 0.2) is 6.07 Å². The number of aliphatic carboxylic acids is 1. The molecule has 1 rings (SSSR count). The molecule has 1 aromatic heterocycles. The van der Waals surface area contributed by atoms with Gasteiger partial charge in [0, 0.05) is 19.2 Å². The lowest BCUT2D eigenvalue weighted by Gasteiger charge is -2.25.